The molecule has 1 atom stereocenters. The minimum absolute atomic E-state index is 0.0666. The van der Waals surface area contributed by atoms with E-state index in [1.807, 2.05) is 55.5 Å². The van der Waals surface area contributed by atoms with Crippen molar-refractivity contribution < 1.29 is 13.7 Å². The summed E-state index contributed by atoms with van der Waals surface area (Å²) < 4.78 is 20.9. The number of carbonyl (C=O) groups is 1. The first kappa shape index (κ1) is 17.4. The van der Waals surface area contributed by atoms with E-state index in [1.165, 1.54) is 4.90 Å². The molecule has 6 heteroatoms. The normalized spacial score (nSPS) is 19.9. The maximum atomic E-state index is 15.6. The number of rotatable bonds is 3. The van der Waals surface area contributed by atoms with Crippen molar-refractivity contribution in [3.8, 4) is 11.4 Å². The van der Waals surface area contributed by atoms with Crippen LogP contribution in [0.3, 0.4) is 0 Å². The predicted molar refractivity (Wildman–Crippen MR) is 98.8 cm³/mol. The van der Waals surface area contributed by atoms with Gasteiger partial charge < -0.3 is 9.42 Å². The first-order valence-electron chi connectivity index (χ1n) is 9.00. The average molecular weight is 365 g/mol. The molecular weight excluding hydrogens is 345 g/mol. The number of nitrogens with zero attached hydrogens (tertiary/aromatic N) is 3. The van der Waals surface area contributed by atoms with Crippen molar-refractivity contribution in [3.63, 3.8) is 0 Å². The quantitative estimate of drug-likeness (QED) is 0.700. The summed E-state index contributed by atoms with van der Waals surface area (Å²) in [6, 6.07) is 16.6. The largest absolute Gasteiger partial charge is 0.335 e. The number of carbonyl (C=O) groups excluding carboxylic acids is 1. The molecule has 0 N–H and O–H groups in total. The topological polar surface area (TPSA) is 59.2 Å². The first-order valence-corrected chi connectivity index (χ1v) is 9.00. The Bertz CT molecular complexity index is 957. The van der Waals surface area contributed by atoms with Crippen LogP contribution in [0.15, 0.2) is 59.1 Å². The fourth-order valence-corrected chi connectivity index (χ4v) is 3.43. The summed E-state index contributed by atoms with van der Waals surface area (Å²) in [5, 5.41) is 3.92. The number of piperidine rings is 1. The van der Waals surface area contributed by atoms with E-state index in [1.54, 1.807) is 6.07 Å². The van der Waals surface area contributed by atoms with Crippen LogP contribution >= 0.6 is 0 Å². The Morgan fingerprint density at radius 1 is 1.19 bits per heavy atom. The predicted octanol–water partition coefficient (Wildman–Crippen LogP) is 4.15. The molecule has 1 aliphatic rings. The van der Waals surface area contributed by atoms with Crippen LogP contribution in [0.5, 0.6) is 0 Å². The Morgan fingerprint density at radius 3 is 2.78 bits per heavy atom. The molecule has 4 rings (SSSR count). The van der Waals surface area contributed by atoms with E-state index in [9.17, 15) is 4.79 Å². The van der Waals surface area contributed by atoms with Crippen molar-refractivity contribution in [2.45, 2.75) is 25.4 Å². The van der Waals surface area contributed by atoms with Crippen LogP contribution in [0.2, 0.25) is 0 Å². The lowest BCUT2D eigenvalue weighted by Gasteiger charge is -2.35. The molecule has 0 bridgehead atoms. The molecule has 0 saturated carbocycles. The van der Waals surface area contributed by atoms with E-state index in [0.717, 1.165) is 11.1 Å². The molecule has 5 nitrogen and oxygen atoms in total. The summed E-state index contributed by atoms with van der Waals surface area (Å²) in [5.41, 5.74) is 0.487. The first-order chi connectivity index (χ1) is 13.0. The minimum Gasteiger partial charge on any atom is -0.335 e. The number of hydrogen-bond acceptors (Lipinski definition) is 4. The number of halogens is 1. The van der Waals surface area contributed by atoms with E-state index in [4.69, 9.17) is 4.52 Å². The third-order valence-electron chi connectivity index (χ3n) is 4.84. The van der Waals surface area contributed by atoms with Crippen LogP contribution in [-0.2, 0) is 5.67 Å². The van der Waals surface area contributed by atoms with Crippen LogP contribution in [0, 0.1) is 6.92 Å². The Kier molecular flexibility index (Phi) is 4.48. The summed E-state index contributed by atoms with van der Waals surface area (Å²) in [6.45, 7) is 2.35. The van der Waals surface area contributed by atoms with E-state index >= 15 is 4.39 Å². The molecule has 1 amide bonds. The van der Waals surface area contributed by atoms with Crippen LogP contribution in [-0.4, -0.2) is 34.0 Å². The third kappa shape index (κ3) is 3.47. The molecule has 1 unspecified atom stereocenters. The number of likely N-dealkylation sites (tertiary alicyclic amines) is 1. The molecule has 0 spiro atoms. The zero-order valence-corrected chi connectivity index (χ0v) is 15.1. The van der Waals surface area contributed by atoms with Gasteiger partial charge in [0.25, 0.3) is 11.8 Å². The highest BCUT2D eigenvalue weighted by molar-refractivity contribution is 5.94. The van der Waals surface area contributed by atoms with Gasteiger partial charge >= 0.3 is 0 Å². The smallest absolute Gasteiger partial charge is 0.266 e. The lowest BCUT2D eigenvalue weighted by Crippen LogP contribution is -2.46. The molecular formula is C21H20FN3O2. The zero-order valence-electron chi connectivity index (χ0n) is 15.1. The van der Waals surface area contributed by atoms with Gasteiger partial charge in [0.1, 0.15) is 0 Å². The Morgan fingerprint density at radius 2 is 2.00 bits per heavy atom. The van der Waals surface area contributed by atoms with Gasteiger partial charge in [-0.3, -0.25) is 4.79 Å². The van der Waals surface area contributed by atoms with Crippen molar-refractivity contribution in [1.82, 2.24) is 15.0 Å². The second kappa shape index (κ2) is 6.95. The van der Waals surface area contributed by atoms with Crippen molar-refractivity contribution in [3.05, 3.63) is 71.6 Å². The Balaban J connectivity index is 1.57. The van der Waals surface area contributed by atoms with Crippen molar-refractivity contribution in [1.29, 1.82) is 0 Å². The van der Waals surface area contributed by atoms with Gasteiger partial charge in [0.2, 0.25) is 11.5 Å². The summed E-state index contributed by atoms with van der Waals surface area (Å²) >= 11 is 0. The summed E-state index contributed by atoms with van der Waals surface area (Å²) in [7, 11) is 0. The van der Waals surface area contributed by atoms with Crippen molar-refractivity contribution in [2.75, 3.05) is 13.1 Å². The van der Waals surface area contributed by atoms with E-state index in [0.29, 0.717) is 24.4 Å². The molecule has 3 aromatic rings. The average Bonchev–Trinajstić information content (AvgIpc) is 3.19. The second-order valence-corrected chi connectivity index (χ2v) is 6.95. The number of amides is 1. The van der Waals surface area contributed by atoms with Gasteiger partial charge in [0.05, 0.1) is 6.54 Å². The third-order valence-corrected chi connectivity index (χ3v) is 4.84. The van der Waals surface area contributed by atoms with Gasteiger partial charge in [-0.05, 0) is 31.9 Å². The highest BCUT2D eigenvalue weighted by atomic mass is 19.1. The van der Waals surface area contributed by atoms with Gasteiger partial charge in [0, 0.05) is 17.7 Å². The van der Waals surface area contributed by atoms with Gasteiger partial charge in [-0.25, -0.2) is 4.39 Å². The lowest BCUT2D eigenvalue weighted by molar-refractivity contribution is 0.0152. The van der Waals surface area contributed by atoms with Crippen LogP contribution in [0.4, 0.5) is 4.39 Å². The van der Waals surface area contributed by atoms with E-state index in [2.05, 4.69) is 10.1 Å². The SMILES string of the molecule is Cc1cccc(C(=O)N2CCCC(F)(c3nc(-c4ccccc4)no3)C2)c1. The molecule has 27 heavy (non-hydrogen) atoms. The van der Waals surface area contributed by atoms with Gasteiger partial charge in [-0.1, -0.05) is 53.2 Å². The summed E-state index contributed by atoms with van der Waals surface area (Å²) in [6.07, 6.45) is 0.790. The number of aryl methyl sites for hydroxylation is 1. The van der Waals surface area contributed by atoms with Crippen LogP contribution in [0.1, 0.15) is 34.7 Å². The molecule has 2 aromatic carbocycles. The second-order valence-electron chi connectivity index (χ2n) is 6.95. The van der Waals surface area contributed by atoms with E-state index < -0.39 is 5.67 Å². The molecule has 1 fully saturated rings. The molecule has 138 valence electrons. The number of hydrogen-bond donors (Lipinski definition) is 0. The zero-order chi connectivity index (χ0) is 18.9. The van der Waals surface area contributed by atoms with Crippen LogP contribution in [0.25, 0.3) is 11.4 Å². The molecule has 1 aliphatic heterocycles. The number of alkyl halides is 1. The molecule has 2 heterocycles. The minimum atomic E-state index is -1.84. The highest BCUT2D eigenvalue weighted by Gasteiger charge is 2.44. The van der Waals surface area contributed by atoms with E-state index in [-0.39, 0.29) is 24.8 Å². The Hall–Kier alpha value is -3.02. The number of aromatic nitrogens is 2. The maximum Gasteiger partial charge on any atom is 0.266 e. The Labute approximate surface area is 156 Å². The summed E-state index contributed by atoms with van der Waals surface area (Å²) in [4.78, 5) is 18.6. The fraction of sp³-hybridized carbons (Fsp3) is 0.286. The monoisotopic (exact) mass is 365 g/mol. The van der Waals surface area contributed by atoms with Gasteiger partial charge in [-0.2, -0.15) is 4.98 Å². The highest BCUT2D eigenvalue weighted by Crippen LogP contribution is 2.36. The lowest BCUT2D eigenvalue weighted by atomic mass is 9.94. The standard InChI is InChI=1S/C21H20FN3O2/c1-15-7-5-10-17(13-15)19(26)25-12-6-11-21(22,14-25)20-23-18(24-27-20)16-8-3-2-4-9-16/h2-5,7-10,13H,6,11-12,14H2,1H3. The summed E-state index contributed by atoms with van der Waals surface area (Å²) in [5.74, 6) is 0.107. The molecule has 0 aliphatic carbocycles. The molecule has 1 aromatic heterocycles. The van der Waals surface area contributed by atoms with Crippen molar-refractivity contribution >= 4 is 5.91 Å². The fourth-order valence-electron chi connectivity index (χ4n) is 3.43. The van der Waals surface area contributed by atoms with Crippen molar-refractivity contribution in [2.24, 2.45) is 0 Å². The molecule has 1 saturated heterocycles. The maximum absolute atomic E-state index is 15.6. The van der Waals surface area contributed by atoms with Gasteiger partial charge in [0.15, 0.2) is 0 Å². The van der Waals surface area contributed by atoms with Crippen LogP contribution < -0.4 is 0 Å². The number of benzene rings is 2. The molecule has 0 radical (unpaired) electrons. The van der Waals surface area contributed by atoms with Gasteiger partial charge in [-0.15, -0.1) is 0 Å².